The molecule has 6 nitrogen and oxygen atoms in total. The van der Waals surface area contributed by atoms with Crippen molar-refractivity contribution in [3.05, 3.63) is 36.5 Å². The third-order valence-electron chi connectivity index (χ3n) is 2.05. The summed E-state index contributed by atoms with van der Waals surface area (Å²) >= 11 is 0. The molecule has 0 amide bonds. The molecule has 0 fully saturated rings. The molecule has 20 heavy (non-hydrogen) atoms. The molecule has 0 rings (SSSR count). The molecule has 1 atom stereocenters. The molecule has 0 unspecified atom stereocenters. The highest BCUT2D eigenvalue weighted by atomic mass is 16.4. The molecule has 0 aliphatic rings. The monoisotopic (exact) mass is 284 g/mol. The molecule has 0 aliphatic heterocycles. The molecule has 0 aliphatic carbocycles. The Labute approximate surface area is 119 Å². The van der Waals surface area contributed by atoms with Crippen molar-refractivity contribution in [2.24, 2.45) is 11.5 Å². The number of hydrogen-bond acceptors (Lipinski definition) is 4. The Bertz CT molecular complexity index is 349. The number of unbranched alkanes of at least 4 members (excludes halogenated alkanes) is 1. The number of aliphatic carboxylic acids is 2. The van der Waals surface area contributed by atoms with Gasteiger partial charge in [0.2, 0.25) is 0 Å². The Morgan fingerprint density at radius 2 is 1.70 bits per heavy atom. The second-order valence-corrected chi connectivity index (χ2v) is 3.84. The van der Waals surface area contributed by atoms with Gasteiger partial charge in [-0.3, -0.25) is 4.79 Å². The number of hydrogen-bond donors (Lipinski definition) is 4. The van der Waals surface area contributed by atoms with Crippen molar-refractivity contribution in [1.29, 1.82) is 0 Å². The summed E-state index contributed by atoms with van der Waals surface area (Å²) in [5.74, 6) is -1.86. The van der Waals surface area contributed by atoms with Gasteiger partial charge in [-0.1, -0.05) is 36.8 Å². The molecular formula is C14H24N2O4. The fraction of sp³-hybridized carbons (Fsp3) is 0.429. The first kappa shape index (κ1) is 20.4. The van der Waals surface area contributed by atoms with Crippen LogP contribution in [0, 0.1) is 0 Å². The summed E-state index contributed by atoms with van der Waals surface area (Å²) < 4.78 is 0. The van der Waals surface area contributed by atoms with E-state index < -0.39 is 18.0 Å². The molecule has 6 N–H and O–H groups in total. The summed E-state index contributed by atoms with van der Waals surface area (Å²) in [5, 5.41) is 16.5. The zero-order chi connectivity index (χ0) is 15.8. The van der Waals surface area contributed by atoms with Crippen LogP contribution in [-0.2, 0) is 9.59 Å². The normalized spacial score (nSPS) is 12.6. The van der Waals surface area contributed by atoms with Gasteiger partial charge in [-0.15, -0.1) is 0 Å². The van der Waals surface area contributed by atoms with Crippen LogP contribution in [0.4, 0.5) is 0 Å². The van der Waals surface area contributed by atoms with Crippen molar-refractivity contribution in [2.45, 2.75) is 32.2 Å². The molecule has 0 aromatic heterocycles. The Hall–Kier alpha value is -1.92. The number of allylic oxidation sites excluding steroid dienone is 5. The lowest BCUT2D eigenvalue weighted by Crippen LogP contribution is -2.29. The number of nitrogens with two attached hydrogens (primary N) is 2. The number of rotatable bonds is 8. The lowest BCUT2D eigenvalue weighted by molar-refractivity contribution is -0.138. The van der Waals surface area contributed by atoms with Crippen molar-refractivity contribution < 1.29 is 19.8 Å². The molecule has 114 valence electrons. The zero-order valence-corrected chi connectivity index (χ0v) is 11.7. The van der Waals surface area contributed by atoms with Crippen molar-refractivity contribution in [3.8, 4) is 0 Å². The van der Waals surface area contributed by atoms with E-state index in [0.29, 0.717) is 13.0 Å². The van der Waals surface area contributed by atoms with Crippen LogP contribution in [0.3, 0.4) is 0 Å². The van der Waals surface area contributed by atoms with E-state index in [1.165, 1.54) is 6.08 Å². The molecule has 0 spiro atoms. The van der Waals surface area contributed by atoms with Crippen molar-refractivity contribution >= 4 is 11.9 Å². The fourth-order valence-electron chi connectivity index (χ4n) is 1.01. The van der Waals surface area contributed by atoms with E-state index in [1.807, 2.05) is 19.1 Å². The van der Waals surface area contributed by atoms with E-state index in [-0.39, 0.29) is 0 Å². The van der Waals surface area contributed by atoms with Gasteiger partial charge >= 0.3 is 11.9 Å². The summed E-state index contributed by atoms with van der Waals surface area (Å²) in [6.45, 7) is 2.50. The Morgan fingerprint density at radius 1 is 1.10 bits per heavy atom. The van der Waals surface area contributed by atoms with E-state index in [0.717, 1.165) is 18.9 Å². The fourth-order valence-corrected chi connectivity index (χ4v) is 1.01. The van der Waals surface area contributed by atoms with Crippen molar-refractivity contribution in [1.82, 2.24) is 0 Å². The maximum Gasteiger partial charge on any atom is 0.328 e. The number of carbonyl (C=O) groups is 2. The number of carboxylic acids is 2. The minimum atomic E-state index is -0.933. The maximum absolute atomic E-state index is 10.1. The standard InChI is InChI=1S/C8H10O2.C6H14N2O2/c1-2-3-4-5-6-7-8(9)10;7-4-2-1-3-5(8)6(9)10/h2-7H,1H3,(H,9,10);5H,1-4,7-8H2,(H,9,10)/b3-2+,5-4+,7-6+;/t;5-/m.0/s1. The summed E-state index contributed by atoms with van der Waals surface area (Å²) in [7, 11) is 0. The Morgan fingerprint density at radius 3 is 2.15 bits per heavy atom. The van der Waals surface area contributed by atoms with Crippen molar-refractivity contribution in [2.75, 3.05) is 6.54 Å². The molecule has 0 saturated heterocycles. The summed E-state index contributed by atoms with van der Waals surface area (Å²) in [6, 6.07) is -0.716. The predicted octanol–water partition coefficient (Wildman–Crippen LogP) is 1.29. The highest BCUT2D eigenvalue weighted by molar-refractivity contribution is 5.80. The SMILES string of the molecule is C/C=C/C=C/C=C/C(=O)O.NCCCC[C@H](N)C(=O)O. The summed E-state index contributed by atoms with van der Waals surface area (Å²) in [5.41, 5.74) is 10.4. The highest BCUT2D eigenvalue weighted by Crippen LogP contribution is 1.96. The maximum atomic E-state index is 10.1. The largest absolute Gasteiger partial charge is 0.480 e. The summed E-state index contributed by atoms with van der Waals surface area (Å²) in [4.78, 5) is 20.0. The molecule has 6 heteroatoms. The minimum absolute atomic E-state index is 0.520. The molecule has 0 aromatic carbocycles. The summed E-state index contributed by atoms with van der Waals surface area (Å²) in [6.07, 6.45) is 11.8. The van der Waals surface area contributed by atoms with Gasteiger partial charge < -0.3 is 21.7 Å². The minimum Gasteiger partial charge on any atom is -0.480 e. The lowest BCUT2D eigenvalue weighted by atomic mass is 10.1. The average molecular weight is 284 g/mol. The molecule has 0 saturated carbocycles. The van der Waals surface area contributed by atoms with Gasteiger partial charge in [-0.05, 0) is 26.3 Å². The first-order chi connectivity index (χ1) is 9.45. The second kappa shape index (κ2) is 15.1. The van der Waals surface area contributed by atoms with Crippen LogP contribution in [-0.4, -0.2) is 34.7 Å². The van der Waals surface area contributed by atoms with Crippen LogP contribution in [0.25, 0.3) is 0 Å². The topological polar surface area (TPSA) is 127 Å². The molecular weight excluding hydrogens is 260 g/mol. The van der Waals surface area contributed by atoms with Crippen LogP contribution >= 0.6 is 0 Å². The van der Waals surface area contributed by atoms with E-state index in [9.17, 15) is 9.59 Å². The van der Waals surface area contributed by atoms with Gasteiger partial charge in [0, 0.05) is 6.08 Å². The van der Waals surface area contributed by atoms with Crippen LogP contribution in [0.1, 0.15) is 26.2 Å². The Kier molecular flexibility index (Phi) is 15.4. The van der Waals surface area contributed by atoms with Gasteiger partial charge in [-0.25, -0.2) is 4.79 Å². The van der Waals surface area contributed by atoms with Gasteiger partial charge in [0.05, 0.1) is 0 Å². The van der Waals surface area contributed by atoms with Crippen LogP contribution in [0.2, 0.25) is 0 Å². The molecule has 0 aromatic rings. The molecule has 0 heterocycles. The predicted molar refractivity (Wildman–Crippen MR) is 79.2 cm³/mol. The van der Waals surface area contributed by atoms with E-state index in [1.54, 1.807) is 12.2 Å². The van der Waals surface area contributed by atoms with Crippen LogP contribution in [0.15, 0.2) is 36.5 Å². The van der Waals surface area contributed by atoms with Crippen molar-refractivity contribution in [3.63, 3.8) is 0 Å². The third kappa shape index (κ3) is 18.4. The van der Waals surface area contributed by atoms with Gasteiger partial charge in [0.1, 0.15) is 6.04 Å². The van der Waals surface area contributed by atoms with Crippen LogP contribution in [0.5, 0.6) is 0 Å². The third-order valence-corrected chi connectivity index (χ3v) is 2.05. The second-order valence-electron chi connectivity index (χ2n) is 3.84. The Balaban J connectivity index is 0. The van der Waals surface area contributed by atoms with Crippen LogP contribution < -0.4 is 11.5 Å². The first-order valence-corrected chi connectivity index (χ1v) is 6.33. The first-order valence-electron chi connectivity index (χ1n) is 6.33. The zero-order valence-electron chi connectivity index (χ0n) is 11.7. The van der Waals surface area contributed by atoms with E-state index in [4.69, 9.17) is 21.7 Å². The van der Waals surface area contributed by atoms with E-state index >= 15 is 0 Å². The molecule has 0 radical (unpaired) electrons. The van der Waals surface area contributed by atoms with Gasteiger partial charge in [0.15, 0.2) is 0 Å². The highest BCUT2D eigenvalue weighted by Gasteiger charge is 2.09. The van der Waals surface area contributed by atoms with E-state index in [2.05, 4.69) is 0 Å². The molecule has 0 bridgehead atoms. The average Bonchev–Trinajstić information content (AvgIpc) is 2.39. The van der Waals surface area contributed by atoms with Gasteiger partial charge in [-0.2, -0.15) is 0 Å². The smallest absolute Gasteiger partial charge is 0.328 e. The number of carboxylic acid groups (broad SMARTS) is 2. The van der Waals surface area contributed by atoms with Gasteiger partial charge in [0.25, 0.3) is 0 Å². The lowest BCUT2D eigenvalue weighted by Gasteiger charge is -2.03. The quantitative estimate of drug-likeness (QED) is 0.302.